The highest BCUT2D eigenvalue weighted by atomic mass is 16.4. The van der Waals surface area contributed by atoms with Crippen LogP contribution in [0.5, 0.6) is 0 Å². The molecule has 0 aliphatic carbocycles. The molecule has 10 heavy (non-hydrogen) atoms. The molecule has 1 heterocycles. The van der Waals surface area contributed by atoms with Gasteiger partial charge in [-0.25, -0.2) is 0 Å². The van der Waals surface area contributed by atoms with Gasteiger partial charge in [-0.1, -0.05) is 0 Å². The Bertz CT molecular complexity index is 130. The lowest BCUT2D eigenvalue weighted by Crippen LogP contribution is -2.36. The smallest absolute Gasteiger partial charge is 0.320 e. The molecule has 0 bridgehead atoms. The van der Waals surface area contributed by atoms with E-state index in [0.29, 0.717) is 0 Å². The first-order chi connectivity index (χ1) is 4.72. The number of hydrogen-bond donors (Lipinski definition) is 1. The fourth-order valence-electron chi connectivity index (χ4n) is 1.29. The topological polar surface area (TPSA) is 40.5 Å². The van der Waals surface area contributed by atoms with Crippen LogP contribution >= 0.6 is 0 Å². The fourth-order valence-corrected chi connectivity index (χ4v) is 1.29. The molecule has 0 spiro atoms. The molecular weight excluding hydrogens is 130 g/mol. The average Bonchev–Trinajstić information content (AvgIpc) is 2.36. The molecule has 1 atom stereocenters. The highest BCUT2D eigenvalue weighted by Gasteiger charge is 2.22. The van der Waals surface area contributed by atoms with Crippen molar-refractivity contribution in [3.8, 4) is 0 Å². The number of carboxylic acids is 1. The summed E-state index contributed by atoms with van der Waals surface area (Å²) in [5, 5.41) is 8.60. The maximum atomic E-state index is 10.4. The predicted octanol–water partition coefficient (Wildman–Crippen LogP) is 0.555. The van der Waals surface area contributed by atoms with Gasteiger partial charge >= 0.3 is 5.97 Å². The summed E-state index contributed by atoms with van der Waals surface area (Å²) in [4.78, 5) is 12.4. The van der Waals surface area contributed by atoms with Gasteiger partial charge in [0.05, 0.1) is 0 Å². The highest BCUT2D eigenvalue weighted by Crippen LogP contribution is 2.10. The van der Waals surface area contributed by atoms with E-state index in [1.807, 2.05) is 4.90 Å². The Labute approximate surface area is 60.6 Å². The van der Waals surface area contributed by atoms with Crippen LogP contribution in [0.4, 0.5) is 0 Å². The molecule has 3 heteroatoms. The fraction of sp³-hybridized carbons (Fsp3) is 0.857. The number of likely N-dealkylation sites (tertiary alicyclic amines) is 1. The van der Waals surface area contributed by atoms with E-state index in [1.165, 1.54) is 0 Å². The first-order valence-electron chi connectivity index (χ1n) is 3.68. The van der Waals surface area contributed by atoms with Crippen molar-refractivity contribution in [1.29, 1.82) is 0 Å². The number of carboxylic acid groups (broad SMARTS) is 1. The summed E-state index contributed by atoms with van der Waals surface area (Å²) >= 11 is 0. The second kappa shape index (κ2) is 3.01. The van der Waals surface area contributed by atoms with Crippen LogP contribution in [0.15, 0.2) is 0 Å². The van der Waals surface area contributed by atoms with Gasteiger partial charge < -0.3 is 5.11 Å². The molecule has 1 rings (SSSR count). The quantitative estimate of drug-likeness (QED) is 0.614. The standard InChI is InChI=1S/C7H13NO2/c1-6(7(9)10)8-4-2-3-5-8/h6H,2-5H2,1H3,(H,9,10)/t6-/m0/s1. The Morgan fingerprint density at radius 2 is 2.00 bits per heavy atom. The summed E-state index contributed by atoms with van der Waals surface area (Å²) in [7, 11) is 0. The van der Waals surface area contributed by atoms with Gasteiger partial charge in [0.25, 0.3) is 0 Å². The molecule has 0 amide bonds. The van der Waals surface area contributed by atoms with Crippen molar-refractivity contribution in [2.45, 2.75) is 25.8 Å². The van der Waals surface area contributed by atoms with Crippen LogP contribution in [-0.4, -0.2) is 35.1 Å². The van der Waals surface area contributed by atoms with Gasteiger partial charge in [0.15, 0.2) is 0 Å². The van der Waals surface area contributed by atoms with Crippen LogP contribution in [0.2, 0.25) is 0 Å². The van der Waals surface area contributed by atoms with Crippen molar-refractivity contribution in [3.63, 3.8) is 0 Å². The molecule has 1 fully saturated rings. The van der Waals surface area contributed by atoms with Gasteiger partial charge in [-0.05, 0) is 32.9 Å². The molecular formula is C7H13NO2. The van der Waals surface area contributed by atoms with Crippen molar-refractivity contribution in [3.05, 3.63) is 0 Å². The monoisotopic (exact) mass is 143 g/mol. The van der Waals surface area contributed by atoms with E-state index in [0.717, 1.165) is 25.9 Å². The van der Waals surface area contributed by atoms with E-state index in [-0.39, 0.29) is 6.04 Å². The Morgan fingerprint density at radius 1 is 1.50 bits per heavy atom. The number of rotatable bonds is 2. The van der Waals surface area contributed by atoms with Crippen LogP contribution in [0.3, 0.4) is 0 Å². The summed E-state index contributed by atoms with van der Waals surface area (Å²) in [6.45, 7) is 3.65. The zero-order valence-electron chi connectivity index (χ0n) is 6.21. The molecule has 58 valence electrons. The Morgan fingerprint density at radius 3 is 2.40 bits per heavy atom. The molecule has 0 saturated carbocycles. The minimum atomic E-state index is -0.707. The van der Waals surface area contributed by atoms with Gasteiger partial charge in [-0.2, -0.15) is 0 Å². The van der Waals surface area contributed by atoms with E-state index in [2.05, 4.69) is 0 Å². The van der Waals surface area contributed by atoms with E-state index < -0.39 is 5.97 Å². The van der Waals surface area contributed by atoms with E-state index in [1.54, 1.807) is 6.92 Å². The van der Waals surface area contributed by atoms with Crippen LogP contribution in [-0.2, 0) is 4.79 Å². The Balaban J connectivity index is 2.39. The maximum Gasteiger partial charge on any atom is 0.320 e. The van der Waals surface area contributed by atoms with Crippen molar-refractivity contribution in [2.24, 2.45) is 0 Å². The SMILES string of the molecule is C[C@@H](C(=O)O)N1CCCC1. The molecule has 0 aromatic rings. The van der Waals surface area contributed by atoms with E-state index in [4.69, 9.17) is 5.11 Å². The van der Waals surface area contributed by atoms with E-state index >= 15 is 0 Å². The third kappa shape index (κ3) is 1.48. The maximum absolute atomic E-state index is 10.4. The lowest BCUT2D eigenvalue weighted by atomic mass is 10.3. The molecule has 0 aromatic heterocycles. The number of nitrogens with zero attached hydrogens (tertiary/aromatic N) is 1. The third-order valence-corrected chi connectivity index (χ3v) is 2.05. The first kappa shape index (κ1) is 7.54. The number of hydrogen-bond acceptors (Lipinski definition) is 2. The zero-order valence-corrected chi connectivity index (χ0v) is 6.21. The van der Waals surface area contributed by atoms with Crippen molar-refractivity contribution < 1.29 is 9.90 Å². The molecule has 1 N–H and O–H groups in total. The normalized spacial score (nSPS) is 22.9. The van der Waals surface area contributed by atoms with Gasteiger partial charge in [0, 0.05) is 0 Å². The zero-order chi connectivity index (χ0) is 7.56. The van der Waals surface area contributed by atoms with Crippen LogP contribution in [0.1, 0.15) is 19.8 Å². The molecule has 1 saturated heterocycles. The Kier molecular flexibility index (Phi) is 2.27. The summed E-state index contributed by atoms with van der Waals surface area (Å²) in [5.74, 6) is -0.707. The van der Waals surface area contributed by atoms with Crippen molar-refractivity contribution in [2.75, 3.05) is 13.1 Å². The second-order valence-electron chi connectivity index (χ2n) is 2.76. The van der Waals surface area contributed by atoms with Crippen LogP contribution in [0, 0.1) is 0 Å². The largest absolute Gasteiger partial charge is 0.480 e. The molecule has 0 aromatic carbocycles. The lowest BCUT2D eigenvalue weighted by molar-refractivity contribution is -0.142. The summed E-state index contributed by atoms with van der Waals surface area (Å²) in [6.07, 6.45) is 2.30. The summed E-state index contributed by atoms with van der Waals surface area (Å²) in [5.41, 5.74) is 0. The predicted molar refractivity (Wildman–Crippen MR) is 37.9 cm³/mol. The molecule has 0 radical (unpaired) electrons. The van der Waals surface area contributed by atoms with Crippen LogP contribution in [0.25, 0.3) is 0 Å². The summed E-state index contributed by atoms with van der Waals surface area (Å²) < 4.78 is 0. The van der Waals surface area contributed by atoms with Crippen molar-refractivity contribution in [1.82, 2.24) is 4.90 Å². The van der Waals surface area contributed by atoms with Crippen LogP contribution < -0.4 is 0 Å². The minimum Gasteiger partial charge on any atom is -0.480 e. The third-order valence-electron chi connectivity index (χ3n) is 2.05. The average molecular weight is 143 g/mol. The van der Waals surface area contributed by atoms with Gasteiger partial charge in [-0.15, -0.1) is 0 Å². The summed E-state index contributed by atoms with van der Waals surface area (Å²) in [6, 6.07) is -0.289. The number of carbonyl (C=O) groups is 1. The first-order valence-corrected chi connectivity index (χ1v) is 3.68. The lowest BCUT2D eigenvalue weighted by Gasteiger charge is -2.18. The molecule has 1 aliphatic heterocycles. The van der Waals surface area contributed by atoms with E-state index in [9.17, 15) is 4.79 Å². The van der Waals surface area contributed by atoms with Gasteiger partial charge in [0.2, 0.25) is 0 Å². The highest BCUT2D eigenvalue weighted by molar-refractivity contribution is 5.72. The Hall–Kier alpha value is -0.570. The van der Waals surface area contributed by atoms with Gasteiger partial charge in [0.1, 0.15) is 6.04 Å². The number of aliphatic carboxylic acids is 1. The minimum absolute atomic E-state index is 0.289. The molecule has 1 aliphatic rings. The van der Waals surface area contributed by atoms with Gasteiger partial charge in [-0.3, -0.25) is 9.69 Å². The van der Waals surface area contributed by atoms with Crippen molar-refractivity contribution >= 4 is 5.97 Å². The molecule has 3 nitrogen and oxygen atoms in total. The molecule has 0 unspecified atom stereocenters. The second-order valence-corrected chi connectivity index (χ2v) is 2.76.